The molecule has 0 aromatic rings. The van der Waals surface area contributed by atoms with Crippen molar-refractivity contribution in [3.05, 3.63) is 0 Å². The Morgan fingerprint density at radius 1 is 1.42 bits per heavy atom. The van der Waals surface area contributed by atoms with Crippen molar-refractivity contribution in [3.63, 3.8) is 0 Å². The van der Waals surface area contributed by atoms with E-state index in [4.69, 9.17) is 4.74 Å². The molecule has 0 aromatic carbocycles. The van der Waals surface area contributed by atoms with Crippen molar-refractivity contribution < 1.29 is 29.8 Å². The summed E-state index contributed by atoms with van der Waals surface area (Å²) in [6, 6.07) is 0. The van der Waals surface area contributed by atoms with E-state index >= 15 is 0 Å². The molecule has 2 N–H and O–H groups in total. The number of rotatable bonds is 8. The second-order valence-corrected chi connectivity index (χ2v) is 4.72. The topological polar surface area (TPSA) is 92.1 Å². The first kappa shape index (κ1) is 20.6. The van der Waals surface area contributed by atoms with Crippen LogP contribution in [0, 0.1) is 0 Å². The van der Waals surface area contributed by atoms with Crippen molar-refractivity contribution in [2.24, 2.45) is 0 Å². The van der Waals surface area contributed by atoms with Gasteiger partial charge in [0.05, 0.1) is 33.9 Å². The standard InChI is InChI=1S/C9H20N2O2.C2H5O3P.H2/c1-4-8-13-9(12)10-6-5-7-11(2)3;1-2-5-6(3)4;/h4-8H2,1-3H3,(H,10,12);2H2,1H3;1H/p+1. The van der Waals surface area contributed by atoms with Crippen molar-refractivity contribution in [3.8, 4) is 0 Å². The highest BCUT2D eigenvalue weighted by molar-refractivity contribution is 7.30. The molecule has 116 valence electrons. The second-order valence-electron chi connectivity index (χ2n) is 4.01. The van der Waals surface area contributed by atoms with Gasteiger partial charge in [-0.25, -0.2) is 4.79 Å². The van der Waals surface area contributed by atoms with E-state index in [1.54, 1.807) is 6.92 Å². The van der Waals surface area contributed by atoms with Crippen molar-refractivity contribution in [2.45, 2.75) is 26.7 Å². The number of hydrogen-bond acceptors (Lipinski definition) is 5. The van der Waals surface area contributed by atoms with Gasteiger partial charge in [0.15, 0.2) is 0 Å². The van der Waals surface area contributed by atoms with E-state index in [0.29, 0.717) is 13.2 Å². The Labute approximate surface area is 117 Å². The van der Waals surface area contributed by atoms with Gasteiger partial charge in [0.25, 0.3) is 0 Å². The molecule has 0 aromatic heterocycles. The summed E-state index contributed by atoms with van der Waals surface area (Å²) < 4.78 is 18.3. The zero-order valence-corrected chi connectivity index (χ0v) is 13.1. The summed E-state index contributed by atoms with van der Waals surface area (Å²) in [7, 11) is 1.58. The van der Waals surface area contributed by atoms with E-state index in [9.17, 15) is 14.3 Å². The van der Waals surface area contributed by atoms with Gasteiger partial charge in [0.1, 0.15) is 0 Å². The molecule has 19 heavy (non-hydrogen) atoms. The van der Waals surface area contributed by atoms with Gasteiger partial charge in [-0.3, -0.25) is 0 Å². The van der Waals surface area contributed by atoms with Crippen LogP contribution in [0.25, 0.3) is 0 Å². The van der Waals surface area contributed by atoms with Gasteiger partial charge in [-0.15, -0.1) is 4.52 Å². The lowest BCUT2D eigenvalue weighted by atomic mass is 10.4. The molecule has 0 aliphatic rings. The van der Waals surface area contributed by atoms with Gasteiger partial charge in [-0.2, -0.15) is 0 Å². The molecule has 8 heteroatoms. The van der Waals surface area contributed by atoms with Crippen LogP contribution in [0.4, 0.5) is 4.79 Å². The molecule has 0 fully saturated rings. The first-order valence-electron chi connectivity index (χ1n) is 6.40. The maximum absolute atomic E-state index is 10.9. The van der Waals surface area contributed by atoms with Gasteiger partial charge >= 0.3 is 14.3 Å². The van der Waals surface area contributed by atoms with Gasteiger partial charge in [0, 0.05) is 14.4 Å². The molecule has 0 aliphatic heterocycles. The Bertz CT molecular complexity index is 245. The minimum absolute atomic E-state index is 0. The lowest BCUT2D eigenvalue weighted by Gasteiger charge is -2.08. The summed E-state index contributed by atoms with van der Waals surface area (Å²) in [5.41, 5.74) is 0. The maximum Gasteiger partial charge on any atom is 0.488 e. The molecule has 1 amide bonds. The van der Waals surface area contributed by atoms with Gasteiger partial charge in [0.2, 0.25) is 0 Å². The number of carbonyl (C=O) groups excluding carboxylic acids is 1. The molecular formula is C11H28N2O5P+. The Balaban J connectivity index is -0.000000352. The van der Waals surface area contributed by atoms with Crippen LogP contribution in [0.2, 0.25) is 0 Å². The molecule has 0 saturated carbocycles. The van der Waals surface area contributed by atoms with Crippen molar-refractivity contribution in [1.82, 2.24) is 5.32 Å². The molecule has 7 nitrogen and oxygen atoms in total. The predicted molar refractivity (Wildman–Crippen MR) is 73.3 cm³/mol. The third-order valence-corrected chi connectivity index (χ3v) is 2.26. The highest BCUT2D eigenvalue weighted by Gasteiger charge is 2.00. The summed E-state index contributed by atoms with van der Waals surface area (Å²) in [5.74, 6) is 0. The highest BCUT2D eigenvalue weighted by atomic mass is 31.1. The van der Waals surface area contributed by atoms with Gasteiger partial charge in [-0.1, -0.05) is 6.92 Å². The summed E-state index contributed by atoms with van der Waals surface area (Å²) in [6.07, 6.45) is 1.56. The smallest absolute Gasteiger partial charge is 0.488 e. The molecule has 0 spiro atoms. The second kappa shape index (κ2) is 15.3. The summed E-state index contributed by atoms with van der Waals surface area (Å²) in [4.78, 5) is 21.7. The Hall–Kier alpha value is -0.750. The van der Waals surface area contributed by atoms with Crippen LogP contribution >= 0.6 is 8.25 Å². The van der Waals surface area contributed by atoms with E-state index in [0.717, 1.165) is 19.4 Å². The number of hydrogen-bond donors (Lipinski definition) is 2. The number of ether oxygens (including phenoxy) is 1. The number of amides is 1. The predicted octanol–water partition coefficient (Wildman–Crippen LogP) is -0.0562. The molecular weight excluding hydrogens is 271 g/mol. The Morgan fingerprint density at radius 3 is 2.42 bits per heavy atom. The summed E-state index contributed by atoms with van der Waals surface area (Å²) >= 11 is 0. The molecule has 0 bridgehead atoms. The lowest BCUT2D eigenvalue weighted by Crippen LogP contribution is -3.05. The van der Waals surface area contributed by atoms with Crippen molar-refractivity contribution in [2.75, 3.05) is 40.4 Å². The SMILES string of the molecule is CCCOC(=O)NCCC[NH+](C)C.CCO[P+](=O)[O-].[HH]. The molecule has 0 heterocycles. The lowest BCUT2D eigenvalue weighted by molar-refractivity contribution is -0.858. The summed E-state index contributed by atoms with van der Waals surface area (Å²) in [5, 5.41) is 2.70. The molecule has 0 radical (unpaired) electrons. The number of carbonyl (C=O) groups is 1. The van der Waals surface area contributed by atoms with Crippen LogP contribution in [-0.2, 0) is 13.8 Å². The van der Waals surface area contributed by atoms with Gasteiger partial charge < -0.3 is 19.8 Å². The first-order valence-corrected chi connectivity index (χ1v) is 7.50. The monoisotopic (exact) mass is 299 g/mol. The highest BCUT2D eigenvalue weighted by Crippen LogP contribution is 2.05. The minimum atomic E-state index is -2.60. The van der Waals surface area contributed by atoms with E-state index in [-0.39, 0.29) is 14.1 Å². The van der Waals surface area contributed by atoms with Crippen LogP contribution < -0.4 is 15.1 Å². The molecule has 0 saturated heterocycles. The van der Waals surface area contributed by atoms with Crippen LogP contribution in [0.3, 0.4) is 0 Å². The third-order valence-electron chi connectivity index (χ3n) is 1.79. The molecule has 0 aliphatic carbocycles. The molecule has 0 rings (SSSR count). The fourth-order valence-corrected chi connectivity index (χ4v) is 1.19. The van der Waals surface area contributed by atoms with Crippen molar-refractivity contribution in [1.29, 1.82) is 0 Å². The number of quaternary nitrogens is 1. The van der Waals surface area contributed by atoms with E-state index in [1.807, 2.05) is 6.92 Å². The number of alkyl carbamates (subject to hydrolysis) is 1. The van der Waals surface area contributed by atoms with E-state index < -0.39 is 8.25 Å². The van der Waals surface area contributed by atoms with Crippen LogP contribution in [0.5, 0.6) is 0 Å². The van der Waals surface area contributed by atoms with Crippen LogP contribution in [-0.4, -0.2) is 46.5 Å². The maximum atomic E-state index is 10.9. The molecule has 1 unspecified atom stereocenters. The zero-order valence-electron chi connectivity index (χ0n) is 12.2. The summed E-state index contributed by atoms with van der Waals surface area (Å²) in [6.45, 7) is 6.10. The fraction of sp³-hybridized carbons (Fsp3) is 0.909. The van der Waals surface area contributed by atoms with Crippen molar-refractivity contribution >= 4 is 14.3 Å². The third kappa shape index (κ3) is 22.9. The van der Waals surface area contributed by atoms with E-state index in [1.165, 1.54) is 4.90 Å². The minimum Gasteiger partial charge on any atom is -0.566 e. The van der Waals surface area contributed by atoms with Gasteiger partial charge in [-0.05, 0) is 17.9 Å². The first-order chi connectivity index (χ1) is 8.93. The average Bonchev–Trinajstić information content (AvgIpc) is 2.32. The normalized spacial score (nSPS) is 10.5. The largest absolute Gasteiger partial charge is 0.566 e. The fourth-order valence-electron chi connectivity index (χ4n) is 0.984. The van der Waals surface area contributed by atoms with Crippen LogP contribution in [0.1, 0.15) is 28.1 Å². The Morgan fingerprint density at radius 2 is 2.05 bits per heavy atom. The quantitative estimate of drug-likeness (QED) is 0.484. The number of nitrogens with one attached hydrogen (secondary N) is 2. The Kier molecular flexibility index (Phi) is 16.6. The van der Waals surface area contributed by atoms with E-state index in [2.05, 4.69) is 23.9 Å². The zero-order chi connectivity index (χ0) is 15.1. The van der Waals surface area contributed by atoms with Crippen LogP contribution in [0.15, 0.2) is 0 Å². The molecule has 1 atom stereocenters. The average molecular weight is 299 g/mol.